The highest BCUT2D eigenvalue weighted by Crippen LogP contribution is 2.26. The third kappa shape index (κ3) is 4.49. The van der Waals surface area contributed by atoms with Crippen LogP contribution >= 0.6 is 11.6 Å². The molecule has 0 aromatic heterocycles. The van der Waals surface area contributed by atoms with E-state index in [9.17, 15) is 0 Å². The first-order chi connectivity index (χ1) is 10.6. The van der Waals surface area contributed by atoms with Crippen molar-refractivity contribution in [3.05, 3.63) is 64.2 Å². The van der Waals surface area contributed by atoms with E-state index in [-0.39, 0.29) is 0 Å². The van der Waals surface area contributed by atoms with Crippen molar-refractivity contribution in [2.24, 2.45) is 5.73 Å². The molecular formula is C19H24ClNO. The average molecular weight is 318 g/mol. The highest BCUT2D eigenvalue weighted by molar-refractivity contribution is 6.30. The molecule has 2 aromatic rings. The first-order valence-corrected chi connectivity index (χ1v) is 8.19. The zero-order chi connectivity index (χ0) is 15.9. The van der Waals surface area contributed by atoms with Crippen LogP contribution in [0.15, 0.2) is 42.5 Å². The van der Waals surface area contributed by atoms with Gasteiger partial charge in [-0.1, -0.05) is 42.8 Å². The van der Waals surface area contributed by atoms with Gasteiger partial charge in [-0.15, -0.1) is 0 Å². The van der Waals surface area contributed by atoms with Gasteiger partial charge in [0.15, 0.2) is 0 Å². The van der Waals surface area contributed by atoms with Crippen LogP contribution in [0.3, 0.4) is 0 Å². The van der Waals surface area contributed by atoms with Gasteiger partial charge >= 0.3 is 0 Å². The summed E-state index contributed by atoms with van der Waals surface area (Å²) >= 11 is 5.94. The Hall–Kier alpha value is -1.51. The van der Waals surface area contributed by atoms with Gasteiger partial charge in [-0.25, -0.2) is 0 Å². The zero-order valence-corrected chi connectivity index (χ0v) is 14.1. The molecule has 2 N–H and O–H groups in total. The number of hydrogen-bond donors (Lipinski definition) is 1. The molecule has 0 amide bonds. The Balaban J connectivity index is 2.13. The molecule has 2 nitrogen and oxygen atoms in total. The molecule has 2 aromatic carbocycles. The summed E-state index contributed by atoms with van der Waals surface area (Å²) in [7, 11) is 0. The van der Waals surface area contributed by atoms with Crippen molar-refractivity contribution in [3.8, 4) is 5.75 Å². The molecular weight excluding hydrogens is 294 g/mol. The van der Waals surface area contributed by atoms with Crippen LogP contribution in [0, 0.1) is 6.92 Å². The van der Waals surface area contributed by atoms with Crippen molar-refractivity contribution in [2.75, 3.05) is 13.2 Å². The summed E-state index contributed by atoms with van der Waals surface area (Å²) in [6.45, 7) is 5.58. The SMILES string of the molecule is CCCOc1ccc(C(CN)Cc2ccc(Cl)cc2)cc1C. The Bertz CT molecular complexity index is 595. The quantitative estimate of drug-likeness (QED) is 0.801. The number of rotatable bonds is 7. The summed E-state index contributed by atoms with van der Waals surface area (Å²) in [6, 6.07) is 14.4. The number of benzene rings is 2. The summed E-state index contributed by atoms with van der Waals surface area (Å²) in [5, 5.41) is 0.765. The van der Waals surface area contributed by atoms with Crippen LogP contribution in [0.4, 0.5) is 0 Å². The Morgan fingerprint density at radius 2 is 1.86 bits per heavy atom. The van der Waals surface area contributed by atoms with Crippen LogP contribution in [0.25, 0.3) is 0 Å². The van der Waals surface area contributed by atoms with Crippen molar-refractivity contribution in [1.29, 1.82) is 0 Å². The third-order valence-electron chi connectivity index (χ3n) is 3.81. The largest absolute Gasteiger partial charge is 0.493 e. The van der Waals surface area contributed by atoms with Gasteiger partial charge in [0.2, 0.25) is 0 Å². The van der Waals surface area contributed by atoms with E-state index in [1.807, 2.05) is 12.1 Å². The molecule has 0 saturated heterocycles. The van der Waals surface area contributed by atoms with Gasteiger partial charge in [-0.3, -0.25) is 0 Å². The second-order valence-corrected chi connectivity index (χ2v) is 6.07. The fourth-order valence-electron chi connectivity index (χ4n) is 2.54. The lowest BCUT2D eigenvalue weighted by Crippen LogP contribution is -2.15. The fraction of sp³-hybridized carbons (Fsp3) is 0.368. The lowest BCUT2D eigenvalue weighted by atomic mass is 9.91. The third-order valence-corrected chi connectivity index (χ3v) is 4.06. The number of halogens is 1. The molecule has 118 valence electrons. The smallest absolute Gasteiger partial charge is 0.122 e. The highest BCUT2D eigenvalue weighted by atomic mass is 35.5. The average Bonchev–Trinajstić information content (AvgIpc) is 2.53. The van der Waals surface area contributed by atoms with Crippen LogP contribution < -0.4 is 10.5 Å². The topological polar surface area (TPSA) is 35.2 Å². The van der Waals surface area contributed by atoms with Crippen LogP contribution in [0.1, 0.15) is 36.0 Å². The molecule has 0 heterocycles. The molecule has 2 rings (SSSR count). The van der Waals surface area contributed by atoms with Crippen molar-refractivity contribution < 1.29 is 4.74 Å². The van der Waals surface area contributed by atoms with E-state index in [2.05, 4.69) is 44.2 Å². The Morgan fingerprint density at radius 1 is 1.14 bits per heavy atom. The monoisotopic (exact) mass is 317 g/mol. The Labute approximate surface area is 138 Å². The first-order valence-electron chi connectivity index (χ1n) is 7.82. The van der Waals surface area contributed by atoms with Crippen molar-refractivity contribution in [3.63, 3.8) is 0 Å². The molecule has 0 aliphatic heterocycles. The highest BCUT2D eigenvalue weighted by Gasteiger charge is 2.12. The summed E-state index contributed by atoms with van der Waals surface area (Å²) in [6.07, 6.45) is 1.94. The van der Waals surface area contributed by atoms with E-state index in [1.54, 1.807) is 0 Å². The Kier molecular flexibility index (Phi) is 6.29. The molecule has 1 atom stereocenters. The minimum atomic E-state index is 0.306. The van der Waals surface area contributed by atoms with E-state index in [4.69, 9.17) is 22.1 Å². The predicted molar refractivity (Wildman–Crippen MR) is 93.9 cm³/mol. The minimum absolute atomic E-state index is 0.306. The van der Waals surface area contributed by atoms with Crippen LogP contribution in [0.2, 0.25) is 5.02 Å². The molecule has 1 unspecified atom stereocenters. The normalized spacial score (nSPS) is 12.2. The number of aryl methyl sites for hydroxylation is 1. The maximum Gasteiger partial charge on any atom is 0.122 e. The number of nitrogens with two attached hydrogens (primary N) is 1. The summed E-state index contributed by atoms with van der Waals surface area (Å²) in [5.74, 6) is 1.27. The lowest BCUT2D eigenvalue weighted by Gasteiger charge is -2.17. The van der Waals surface area contributed by atoms with E-state index in [0.29, 0.717) is 12.5 Å². The maximum absolute atomic E-state index is 5.99. The predicted octanol–water partition coefficient (Wildman–Crippen LogP) is 4.72. The summed E-state index contributed by atoms with van der Waals surface area (Å²) in [4.78, 5) is 0. The van der Waals surface area contributed by atoms with Gasteiger partial charge in [0.25, 0.3) is 0 Å². The maximum atomic E-state index is 5.99. The van der Waals surface area contributed by atoms with E-state index in [1.165, 1.54) is 16.7 Å². The van der Waals surface area contributed by atoms with E-state index < -0.39 is 0 Å². The van der Waals surface area contributed by atoms with Crippen LogP contribution in [-0.4, -0.2) is 13.2 Å². The molecule has 3 heteroatoms. The standard InChI is InChI=1S/C19H24ClNO/c1-3-10-22-19-9-6-16(11-14(19)2)17(13-21)12-15-4-7-18(20)8-5-15/h4-9,11,17H,3,10,12-13,21H2,1-2H3. The first kappa shape index (κ1) is 16.9. The van der Waals surface area contributed by atoms with E-state index in [0.717, 1.165) is 30.2 Å². The fourth-order valence-corrected chi connectivity index (χ4v) is 2.67. The second-order valence-electron chi connectivity index (χ2n) is 5.64. The van der Waals surface area contributed by atoms with Crippen molar-refractivity contribution in [1.82, 2.24) is 0 Å². The molecule has 0 spiro atoms. The summed E-state index contributed by atoms with van der Waals surface area (Å²) < 4.78 is 5.74. The molecule has 0 bridgehead atoms. The number of hydrogen-bond acceptors (Lipinski definition) is 2. The lowest BCUT2D eigenvalue weighted by molar-refractivity contribution is 0.315. The van der Waals surface area contributed by atoms with Gasteiger partial charge in [0.05, 0.1) is 6.61 Å². The van der Waals surface area contributed by atoms with Crippen molar-refractivity contribution in [2.45, 2.75) is 32.6 Å². The second kappa shape index (κ2) is 8.21. The minimum Gasteiger partial charge on any atom is -0.493 e. The number of ether oxygens (including phenoxy) is 1. The Morgan fingerprint density at radius 3 is 2.45 bits per heavy atom. The van der Waals surface area contributed by atoms with Crippen molar-refractivity contribution >= 4 is 11.6 Å². The van der Waals surface area contributed by atoms with Crippen LogP contribution in [-0.2, 0) is 6.42 Å². The molecule has 0 aliphatic carbocycles. The van der Waals surface area contributed by atoms with Gasteiger partial charge < -0.3 is 10.5 Å². The molecule has 0 aliphatic rings. The van der Waals surface area contributed by atoms with Gasteiger partial charge in [0.1, 0.15) is 5.75 Å². The zero-order valence-electron chi connectivity index (χ0n) is 13.3. The van der Waals surface area contributed by atoms with Crippen LogP contribution in [0.5, 0.6) is 5.75 Å². The molecule has 0 saturated carbocycles. The van der Waals surface area contributed by atoms with Gasteiger partial charge in [-0.05, 0) is 61.2 Å². The molecule has 22 heavy (non-hydrogen) atoms. The van der Waals surface area contributed by atoms with Gasteiger partial charge in [-0.2, -0.15) is 0 Å². The molecule has 0 fully saturated rings. The summed E-state index contributed by atoms with van der Waals surface area (Å²) in [5.41, 5.74) is 9.68. The van der Waals surface area contributed by atoms with Gasteiger partial charge in [0, 0.05) is 10.9 Å². The molecule has 0 radical (unpaired) electrons. The van der Waals surface area contributed by atoms with E-state index >= 15 is 0 Å².